The first-order chi connectivity index (χ1) is 23.9. The topological polar surface area (TPSA) is 114 Å². The Hall–Kier alpha value is -4.45. The smallest absolute Gasteiger partial charge is 0.265 e. The first-order valence-electron chi connectivity index (χ1n) is 15.9. The highest BCUT2D eigenvalue weighted by atomic mass is 35.5. The Labute approximate surface area is 303 Å². The minimum absolute atomic E-state index is 0.0155. The summed E-state index contributed by atoms with van der Waals surface area (Å²) in [5.74, 6) is -0.371. The second kappa shape index (κ2) is 17.5. The molecule has 266 valence electrons. The van der Waals surface area contributed by atoms with Crippen LogP contribution in [-0.4, -0.2) is 65.1 Å². The second-order valence-electron chi connectivity index (χ2n) is 11.5. The third-order valence-corrected chi connectivity index (χ3v) is 10.4. The van der Waals surface area contributed by atoms with Crippen LogP contribution in [-0.2, 0) is 32.6 Å². The molecule has 10 nitrogen and oxygen atoms in total. The Bertz CT molecular complexity index is 1880. The van der Waals surface area contributed by atoms with E-state index in [4.69, 9.17) is 37.4 Å². The van der Waals surface area contributed by atoms with Crippen molar-refractivity contribution >= 4 is 50.7 Å². The van der Waals surface area contributed by atoms with Crippen LogP contribution in [0.4, 0.5) is 5.69 Å². The molecule has 0 unspecified atom stereocenters. The van der Waals surface area contributed by atoms with E-state index < -0.39 is 28.5 Å². The molecule has 0 aliphatic rings. The SMILES string of the molecule is CC[C@@H](C)NC(=O)[C@@H](Cc1ccccc1)N(Cc1ccc(Cl)cc1)C(=O)CN(c1cc(Cl)ccc1OC)S(=O)(=O)c1ccc(OC)c(OC)c1. The average molecular weight is 743 g/mol. The quantitative estimate of drug-likeness (QED) is 0.135. The predicted molar refractivity (Wildman–Crippen MR) is 196 cm³/mol. The summed E-state index contributed by atoms with van der Waals surface area (Å²) in [7, 11) is -0.288. The summed E-state index contributed by atoms with van der Waals surface area (Å²) in [5.41, 5.74) is 1.53. The van der Waals surface area contributed by atoms with Gasteiger partial charge in [0.1, 0.15) is 18.3 Å². The number of rotatable bonds is 16. The molecule has 50 heavy (non-hydrogen) atoms. The molecule has 4 aromatic carbocycles. The number of benzene rings is 4. The number of amides is 2. The maximum atomic E-state index is 14.8. The van der Waals surface area contributed by atoms with Gasteiger partial charge in [-0.25, -0.2) is 8.42 Å². The van der Waals surface area contributed by atoms with Gasteiger partial charge in [0.05, 0.1) is 31.9 Å². The zero-order chi connectivity index (χ0) is 36.4. The zero-order valence-electron chi connectivity index (χ0n) is 28.6. The highest BCUT2D eigenvalue weighted by Gasteiger charge is 2.36. The number of ether oxygens (including phenoxy) is 3. The first kappa shape index (κ1) is 38.4. The van der Waals surface area contributed by atoms with Crippen molar-refractivity contribution in [3.05, 3.63) is 112 Å². The van der Waals surface area contributed by atoms with Crippen molar-refractivity contribution in [2.45, 2.75) is 50.2 Å². The summed E-state index contributed by atoms with van der Waals surface area (Å²) < 4.78 is 46.3. The zero-order valence-corrected chi connectivity index (χ0v) is 30.9. The molecule has 0 saturated carbocycles. The van der Waals surface area contributed by atoms with E-state index in [1.165, 1.54) is 56.6 Å². The lowest BCUT2D eigenvalue weighted by molar-refractivity contribution is -0.140. The van der Waals surface area contributed by atoms with Gasteiger partial charge >= 0.3 is 0 Å². The van der Waals surface area contributed by atoms with Gasteiger partial charge in [-0.2, -0.15) is 0 Å². The molecule has 2 amide bonds. The van der Waals surface area contributed by atoms with Gasteiger partial charge in [-0.3, -0.25) is 13.9 Å². The summed E-state index contributed by atoms with van der Waals surface area (Å²) in [6.45, 7) is 3.11. The van der Waals surface area contributed by atoms with E-state index >= 15 is 0 Å². The molecule has 0 spiro atoms. The number of hydrogen-bond acceptors (Lipinski definition) is 7. The van der Waals surface area contributed by atoms with Gasteiger partial charge in [-0.15, -0.1) is 0 Å². The van der Waals surface area contributed by atoms with E-state index in [1.807, 2.05) is 44.2 Å². The average Bonchev–Trinajstić information content (AvgIpc) is 3.12. The van der Waals surface area contributed by atoms with Crippen LogP contribution in [0, 0.1) is 0 Å². The number of nitrogens with zero attached hydrogens (tertiary/aromatic N) is 2. The van der Waals surface area contributed by atoms with Crippen molar-refractivity contribution in [2.75, 3.05) is 32.2 Å². The van der Waals surface area contributed by atoms with Crippen LogP contribution >= 0.6 is 23.2 Å². The Balaban J connectivity index is 1.88. The second-order valence-corrected chi connectivity index (χ2v) is 14.3. The lowest BCUT2D eigenvalue weighted by atomic mass is 10.0. The van der Waals surface area contributed by atoms with Crippen molar-refractivity contribution in [3.8, 4) is 17.2 Å². The van der Waals surface area contributed by atoms with E-state index in [0.29, 0.717) is 22.8 Å². The van der Waals surface area contributed by atoms with Gasteiger partial charge in [0.2, 0.25) is 11.8 Å². The summed E-state index contributed by atoms with van der Waals surface area (Å²) in [5, 5.41) is 3.74. The molecule has 0 aliphatic heterocycles. The number of sulfonamides is 1. The van der Waals surface area contributed by atoms with E-state index in [1.54, 1.807) is 30.3 Å². The van der Waals surface area contributed by atoms with E-state index in [0.717, 1.165) is 9.87 Å². The number of carbonyl (C=O) groups is 2. The molecule has 0 aliphatic carbocycles. The molecule has 13 heteroatoms. The van der Waals surface area contributed by atoms with Gasteiger partial charge < -0.3 is 24.4 Å². The monoisotopic (exact) mass is 741 g/mol. The molecular formula is C37H41Cl2N3O7S. The van der Waals surface area contributed by atoms with E-state index in [9.17, 15) is 18.0 Å². The Morgan fingerprint density at radius 3 is 2.02 bits per heavy atom. The highest BCUT2D eigenvalue weighted by molar-refractivity contribution is 7.92. The fourth-order valence-electron chi connectivity index (χ4n) is 5.26. The van der Waals surface area contributed by atoms with Crippen LogP contribution in [0.15, 0.2) is 95.9 Å². The minimum atomic E-state index is -4.50. The number of anilines is 1. The maximum Gasteiger partial charge on any atom is 0.265 e. The number of carbonyl (C=O) groups excluding carboxylic acids is 2. The summed E-state index contributed by atoms with van der Waals surface area (Å²) in [6, 6.07) is 23.6. The van der Waals surface area contributed by atoms with Crippen LogP contribution in [0.5, 0.6) is 17.2 Å². The lowest BCUT2D eigenvalue weighted by Gasteiger charge is -2.34. The predicted octanol–water partition coefficient (Wildman–Crippen LogP) is 6.77. The molecule has 1 N–H and O–H groups in total. The summed E-state index contributed by atoms with van der Waals surface area (Å²) in [6.07, 6.45) is 0.839. The molecule has 0 aromatic heterocycles. The largest absolute Gasteiger partial charge is 0.495 e. The number of methoxy groups -OCH3 is 3. The standard InChI is InChI=1S/C37H41Cl2N3O7S/c1-6-25(2)40-37(44)32(20-26-10-8-7-9-11-26)41(23-27-12-14-28(38)15-13-27)36(43)24-42(31-21-29(39)16-18-33(31)47-3)50(45,46)30-17-19-34(48-4)35(22-30)49-5/h7-19,21-22,25,32H,6,20,23-24H2,1-5H3,(H,40,44)/t25-,32-/m1/s1. The van der Waals surface area contributed by atoms with Crippen molar-refractivity contribution in [2.24, 2.45) is 0 Å². The normalized spacial score (nSPS) is 12.4. The van der Waals surface area contributed by atoms with Crippen molar-refractivity contribution in [1.82, 2.24) is 10.2 Å². The molecule has 0 bridgehead atoms. The van der Waals surface area contributed by atoms with Crippen molar-refractivity contribution in [3.63, 3.8) is 0 Å². The van der Waals surface area contributed by atoms with Crippen LogP contribution in [0.2, 0.25) is 10.0 Å². The molecule has 4 rings (SSSR count). The fraction of sp³-hybridized carbons (Fsp3) is 0.297. The van der Waals surface area contributed by atoms with Gasteiger partial charge in [-0.1, -0.05) is 72.6 Å². The summed E-state index contributed by atoms with van der Waals surface area (Å²) in [4.78, 5) is 30.0. The third-order valence-electron chi connectivity index (χ3n) is 8.17. The number of halogens is 2. The van der Waals surface area contributed by atoms with Gasteiger partial charge in [0.15, 0.2) is 11.5 Å². The van der Waals surface area contributed by atoms with Crippen molar-refractivity contribution < 1.29 is 32.2 Å². The first-order valence-corrected chi connectivity index (χ1v) is 18.1. The van der Waals surface area contributed by atoms with Crippen molar-refractivity contribution in [1.29, 1.82) is 0 Å². The summed E-state index contributed by atoms with van der Waals surface area (Å²) >= 11 is 12.6. The molecule has 2 atom stereocenters. The molecule has 0 radical (unpaired) electrons. The van der Waals surface area contributed by atoms with Crippen LogP contribution in [0.3, 0.4) is 0 Å². The molecule has 0 fully saturated rings. The van der Waals surface area contributed by atoms with Gasteiger partial charge in [-0.05, 0) is 66.9 Å². The molecule has 0 heterocycles. The third kappa shape index (κ3) is 9.41. The lowest BCUT2D eigenvalue weighted by Crippen LogP contribution is -2.54. The fourth-order valence-corrected chi connectivity index (χ4v) is 6.98. The molecule has 0 saturated heterocycles. The minimum Gasteiger partial charge on any atom is -0.495 e. The number of hydrogen-bond donors (Lipinski definition) is 1. The Morgan fingerprint density at radius 2 is 1.40 bits per heavy atom. The Kier molecular flexibility index (Phi) is 13.4. The molecule has 4 aromatic rings. The highest BCUT2D eigenvalue weighted by Crippen LogP contribution is 2.37. The number of nitrogens with one attached hydrogen (secondary N) is 1. The Morgan fingerprint density at radius 1 is 0.780 bits per heavy atom. The molecular weight excluding hydrogens is 701 g/mol. The van der Waals surface area contributed by atoms with E-state index in [2.05, 4.69) is 5.32 Å². The van der Waals surface area contributed by atoms with Crippen LogP contribution < -0.4 is 23.8 Å². The van der Waals surface area contributed by atoms with Crippen LogP contribution in [0.25, 0.3) is 0 Å². The van der Waals surface area contributed by atoms with Crippen LogP contribution in [0.1, 0.15) is 31.4 Å². The maximum absolute atomic E-state index is 14.8. The van der Waals surface area contributed by atoms with Gasteiger partial charge in [0.25, 0.3) is 10.0 Å². The van der Waals surface area contributed by atoms with E-state index in [-0.39, 0.29) is 52.0 Å². The van der Waals surface area contributed by atoms with Gasteiger partial charge in [0, 0.05) is 35.1 Å².